The average Bonchev–Trinajstić information content (AvgIpc) is 3.35. The van der Waals surface area contributed by atoms with Gasteiger partial charge in [-0.25, -0.2) is 0 Å². The normalized spacial score (nSPS) is 14.9. The quantitative estimate of drug-likeness (QED) is 0.521. The van der Waals surface area contributed by atoms with Gasteiger partial charge in [0, 0.05) is 43.6 Å². The van der Waals surface area contributed by atoms with Crippen molar-refractivity contribution in [3.05, 3.63) is 46.9 Å². The lowest BCUT2D eigenvalue weighted by Gasteiger charge is -2.32. The summed E-state index contributed by atoms with van der Waals surface area (Å²) < 4.78 is 5.22. The molecule has 0 saturated heterocycles. The van der Waals surface area contributed by atoms with Crippen molar-refractivity contribution >= 4 is 34.7 Å². The monoisotopic (exact) mass is 472 g/mol. The molecule has 1 atom stereocenters. The van der Waals surface area contributed by atoms with Gasteiger partial charge in [-0.3, -0.25) is 19.4 Å². The third-order valence-corrected chi connectivity index (χ3v) is 6.62. The summed E-state index contributed by atoms with van der Waals surface area (Å²) in [6, 6.07) is 6.61. The number of thiophene rings is 1. The molecule has 3 rings (SSSR count). The van der Waals surface area contributed by atoms with E-state index in [0.717, 1.165) is 30.6 Å². The van der Waals surface area contributed by atoms with Gasteiger partial charge in [0.2, 0.25) is 17.7 Å². The Balaban J connectivity index is 1.69. The number of nitrogens with one attached hydrogen (secondary N) is 2. The molecule has 1 aliphatic rings. The Morgan fingerprint density at radius 3 is 2.67 bits per heavy atom. The van der Waals surface area contributed by atoms with Crippen molar-refractivity contribution in [1.82, 2.24) is 15.2 Å². The fraction of sp³-hybridized carbons (Fsp3) is 0.500. The van der Waals surface area contributed by atoms with Crippen LogP contribution in [0.1, 0.15) is 55.9 Å². The minimum Gasteiger partial charge on any atom is -0.383 e. The minimum absolute atomic E-state index is 0.00556. The predicted octanol–water partition coefficient (Wildman–Crippen LogP) is 3.53. The number of ether oxygens (including phenoxy) is 1. The maximum absolute atomic E-state index is 13.4. The first-order chi connectivity index (χ1) is 16.1. The number of carbonyl (C=O) groups is 3. The third-order valence-electron chi connectivity index (χ3n) is 5.69. The van der Waals surface area contributed by atoms with Crippen molar-refractivity contribution in [1.29, 1.82) is 0 Å². The third kappa shape index (κ3) is 7.64. The molecule has 1 fully saturated rings. The van der Waals surface area contributed by atoms with E-state index in [0.29, 0.717) is 12.3 Å². The number of anilines is 1. The molecule has 2 N–H and O–H groups in total. The van der Waals surface area contributed by atoms with Crippen molar-refractivity contribution in [2.24, 2.45) is 0 Å². The first-order valence-corrected chi connectivity index (χ1v) is 12.3. The highest BCUT2D eigenvalue weighted by Gasteiger charge is 2.33. The predicted molar refractivity (Wildman–Crippen MR) is 128 cm³/mol. The van der Waals surface area contributed by atoms with E-state index in [4.69, 9.17) is 4.74 Å². The summed E-state index contributed by atoms with van der Waals surface area (Å²) in [6.45, 7) is 0.562. The van der Waals surface area contributed by atoms with Crippen molar-refractivity contribution < 1.29 is 19.1 Å². The highest BCUT2D eigenvalue weighted by atomic mass is 32.1. The van der Waals surface area contributed by atoms with E-state index in [1.54, 1.807) is 36.5 Å². The van der Waals surface area contributed by atoms with Gasteiger partial charge in [0.05, 0.1) is 18.5 Å². The summed E-state index contributed by atoms with van der Waals surface area (Å²) in [5.74, 6) is -0.707. The fourth-order valence-corrected chi connectivity index (χ4v) is 4.84. The van der Waals surface area contributed by atoms with Gasteiger partial charge >= 0.3 is 0 Å². The van der Waals surface area contributed by atoms with E-state index in [1.165, 1.54) is 17.8 Å². The maximum Gasteiger partial charge on any atom is 0.248 e. The van der Waals surface area contributed by atoms with Crippen LogP contribution in [0.5, 0.6) is 0 Å². The average molecular weight is 473 g/mol. The molecule has 0 unspecified atom stereocenters. The van der Waals surface area contributed by atoms with Gasteiger partial charge < -0.3 is 20.3 Å². The Morgan fingerprint density at radius 2 is 2.00 bits per heavy atom. The van der Waals surface area contributed by atoms with Crippen LogP contribution in [-0.4, -0.2) is 53.9 Å². The Morgan fingerprint density at radius 1 is 1.18 bits per heavy atom. The summed E-state index contributed by atoms with van der Waals surface area (Å²) in [4.78, 5) is 45.3. The molecule has 9 heteroatoms. The summed E-state index contributed by atoms with van der Waals surface area (Å²) in [5, 5.41) is 7.80. The molecule has 8 nitrogen and oxygen atoms in total. The zero-order valence-corrected chi connectivity index (χ0v) is 19.8. The number of methoxy groups -OCH3 is 1. The number of hydrogen-bond acceptors (Lipinski definition) is 6. The highest BCUT2D eigenvalue weighted by molar-refractivity contribution is 7.10. The Kier molecular flexibility index (Phi) is 9.83. The standard InChI is InChI=1S/C24H32N4O4S/c1-32-15-14-28(22(30)12-11-21(29)26-19-9-5-13-25-17-19)23(20-10-6-16-33-20)24(31)27-18-7-3-2-4-8-18/h5-6,9-10,13,16-18,23H,2-4,7-8,11-12,14-15H2,1H3,(H,26,29)(H,27,31)/t23-/m0/s1. The molecule has 178 valence electrons. The van der Waals surface area contributed by atoms with Crippen LogP contribution in [0.2, 0.25) is 0 Å². The summed E-state index contributed by atoms with van der Waals surface area (Å²) in [6.07, 6.45) is 8.50. The molecular formula is C24H32N4O4S. The molecular weight excluding hydrogens is 440 g/mol. The summed E-state index contributed by atoms with van der Waals surface area (Å²) in [7, 11) is 1.56. The first-order valence-electron chi connectivity index (χ1n) is 11.4. The molecule has 3 amide bonds. The second kappa shape index (κ2) is 13.1. The largest absolute Gasteiger partial charge is 0.383 e. The first kappa shape index (κ1) is 24.9. The molecule has 1 saturated carbocycles. The fourth-order valence-electron chi connectivity index (χ4n) is 4.01. The number of hydrogen-bond donors (Lipinski definition) is 2. The summed E-state index contributed by atoms with van der Waals surface area (Å²) >= 11 is 1.44. The molecule has 2 aromatic heterocycles. The van der Waals surface area contributed by atoms with Crippen LogP contribution in [0.4, 0.5) is 5.69 Å². The van der Waals surface area contributed by atoms with Crippen molar-refractivity contribution in [3.63, 3.8) is 0 Å². The van der Waals surface area contributed by atoms with Crippen LogP contribution < -0.4 is 10.6 Å². The molecule has 2 aromatic rings. The van der Waals surface area contributed by atoms with Gasteiger partial charge in [0.1, 0.15) is 6.04 Å². The number of carbonyl (C=O) groups excluding carboxylic acids is 3. The molecule has 0 radical (unpaired) electrons. The second-order valence-corrected chi connectivity index (χ2v) is 9.11. The SMILES string of the molecule is COCCN(C(=O)CCC(=O)Nc1cccnc1)[C@H](C(=O)NC1CCCCC1)c1cccs1. The van der Waals surface area contributed by atoms with Gasteiger partial charge in [0.15, 0.2) is 0 Å². The van der Waals surface area contributed by atoms with Crippen LogP contribution in [-0.2, 0) is 19.1 Å². The lowest BCUT2D eigenvalue weighted by Crippen LogP contribution is -2.47. The van der Waals surface area contributed by atoms with Gasteiger partial charge in [0.25, 0.3) is 0 Å². The smallest absolute Gasteiger partial charge is 0.248 e. The number of amides is 3. The van der Waals surface area contributed by atoms with Crippen LogP contribution in [0, 0.1) is 0 Å². The van der Waals surface area contributed by atoms with E-state index in [2.05, 4.69) is 15.6 Å². The molecule has 0 aliphatic heterocycles. The second-order valence-electron chi connectivity index (χ2n) is 8.13. The minimum atomic E-state index is -0.740. The van der Waals surface area contributed by atoms with E-state index >= 15 is 0 Å². The zero-order valence-electron chi connectivity index (χ0n) is 19.0. The van der Waals surface area contributed by atoms with E-state index < -0.39 is 6.04 Å². The van der Waals surface area contributed by atoms with Crippen molar-refractivity contribution in [2.45, 2.75) is 57.0 Å². The highest BCUT2D eigenvalue weighted by Crippen LogP contribution is 2.28. The van der Waals surface area contributed by atoms with Gasteiger partial charge in [-0.1, -0.05) is 25.3 Å². The lowest BCUT2D eigenvalue weighted by atomic mass is 9.95. The zero-order chi connectivity index (χ0) is 23.5. The number of aromatic nitrogens is 1. The molecule has 33 heavy (non-hydrogen) atoms. The topological polar surface area (TPSA) is 101 Å². The number of pyridine rings is 1. The van der Waals surface area contributed by atoms with Gasteiger partial charge in [-0.05, 0) is 36.4 Å². The molecule has 0 aromatic carbocycles. The van der Waals surface area contributed by atoms with Crippen LogP contribution in [0.25, 0.3) is 0 Å². The summed E-state index contributed by atoms with van der Waals surface area (Å²) in [5.41, 5.74) is 0.578. The van der Waals surface area contributed by atoms with Crippen molar-refractivity contribution in [2.75, 3.05) is 25.6 Å². The number of nitrogens with zero attached hydrogens (tertiary/aromatic N) is 2. The van der Waals surface area contributed by atoms with E-state index in [9.17, 15) is 14.4 Å². The Bertz CT molecular complexity index is 885. The van der Waals surface area contributed by atoms with Crippen LogP contribution in [0.15, 0.2) is 42.0 Å². The molecule has 2 heterocycles. The van der Waals surface area contributed by atoms with E-state index in [-0.39, 0.29) is 43.1 Å². The number of rotatable bonds is 11. The molecule has 0 spiro atoms. The Hall–Kier alpha value is -2.78. The Labute approximate surface area is 198 Å². The van der Waals surface area contributed by atoms with Gasteiger partial charge in [-0.2, -0.15) is 0 Å². The van der Waals surface area contributed by atoms with E-state index in [1.807, 2.05) is 17.5 Å². The van der Waals surface area contributed by atoms with Crippen LogP contribution >= 0.6 is 11.3 Å². The van der Waals surface area contributed by atoms with Gasteiger partial charge in [-0.15, -0.1) is 11.3 Å². The van der Waals surface area contributed by atoms with Crippen molar-refractivity contribution in [3.8, 4) is 0 Å². The molecule has 0 bridgehead atoms. The molecule has 1 aliphatic carbocycles. The maximum atomic E-state index is 13.4. The lowest BCUT2D eigenvalue weighted by molar-refractivity contribution is -0.142. The van der Waals surface area contributed by atoms with Crippen LogP contribution in [0.3, 0.4) is 0 Å².